The Morgan fingerprint density at radius 3 is 3.04 bits per heavy atom. The number of hydrogen-bond donors (Lipinski definition) is 0. The maximum atomic E-state index is 12.5. The largest absolute Gasteiger partial charge is 0.351 e. The van der Waals surface area contributed by atoms with Gasteiger partial charge in [-0.2, -0.15) is 10.4 Å². The molecule has 25 heavy (non-hydrogen) atoms. The van der Waals surface area contributed by atoms with Crippen molar-refractivity contribution in [2.75, 3.05) is 11.4 Å². The lowest BCUT2D eigenvalue weighted by Gasteiger charge is -2.27. The first kappa shape index (κ1) is 15.8. The number of hydrogen-bond acceptors (Lipinski definition) is 5. The molecule has 1 aliphatic carbocycles. The molecule has 0 N–H and O–H groups in total. The molecule has 6 nitrogen and oxygen atoms in total. The van der Waals surface area contributed by atoms with Gasteiger partial charge in [0.2, 0.25) is 0 Å². The van der Waals surface area contributed by atoms with Crippen LogP contribution in [0.5, 0.6) is 0 Å². The third-order valence-corrected chi connectivity index (χ3v) is 5.21. The van der Waals surface area contributed by atoms with Gasteiger partial charge in [-0.15, -0.1) is 0 Å². The number of aromatic nitrogens is 3. The third-order valence-electron chi connectivity index (χ3n) is 5.21. The van der Waals surface area contributed by atoms with E-state index < -0.39 is 0 Å². The molecule has 1 atom stereocenters. The van der Waals surface area contributed by atoms with Gasteiger partial charge in [0.05, 0.1) is 23.8 Å². The summed E-state index contributed by atoms with van der Waals surface area (Å²) >= 11 is 0. The molecule has 0 bridgehead atoms. The highest BCUT2D eigenvalue weighted by atomic mass is 16.1. The van der Waals surface area contributed by atoms with Gasteiger partial charge in [0.1, 0.15) is 11.9 Å². The molecule has 0 aromatic carbocycles. The van der Waals surface area contributed by atoms with Gasteiger partial charge < -0.3 is 4.90 Å². The van der Waals surface area contributed by atoms with E-state index in [9.17, 15) is 10.1 Å². The number of fused-ring (bicyclic) bond motifs is 1. The minimum absolute atomic E-state index is 0.0194. The Morgan fingerprint density at radius 1 is 1.28 bits per heavy atom. The van der Waals surface area contributed by atoms with Crippen LogP contribution in [0.2, 0.25) is 0 Å². The molecule has 0 spiro atoms. The summed E-state index contributed by atoms with van der Waals surface area (Å²) in [4.78, 5) is 19.0. The standard InChI is InChI=1S/C19H21N5O/c20-12-15-6-3-9-21-19(15)23-10-4-7-16(23)13-24-18(25)11-14-5-1-2-8-17(14)22-24/h3,6,9,11,16H,1-2,4-5,7-8,10,13H2. The van der Waals surface area contributed by atoms with Gasteiger partial charge in [0.15, 0.2) is 0 Å². The van der Waals surface area contributed by atoms with Crippen molar-refractivity contribution < 1.29 is 0 Å². The average Bonchev–Trinajstić information content (AvgIpc) is 3.10. The zero-order chi connectivity index (χ0) is 17.2. The molecule has 2 aromatic rings. The first-order valence-corrected chi connectivity index (χ1v) is 8.98. The zero-order valence-corrected chi connectivity index (χ0v) is 14.2. The van der Waals surface area contributed by atoms with E-state index in [2.05, 4.69) is 21.1 Å². The lowest BCUT2D eigenvalue weighted by Crippen LogP contribution is -2.38. The van der Waals surface area contributed by atoms with Crippen LogP contribution in [0.25, 0.3) is 0 Å². The van der Waals surface area contributed by atoms with E-state index >= 15 is 0 Å². The number of pyridine rings is 1. The fourth-order valence-electron chi connectivity index (χ4n) is 3.95. The Morgan fingerprint density at radius 2 is 2.16 bits per heavy atom. The topological polar surface area (TPSA) is 74.8 Å². The van der Waals surface area contributed by atoms with Crippen LogP contribution in [0.3, 0.4) is 0 Å². The van der Waals surface area contributed by atoms with Gasteiger partial charge in [-0.25, -0.2) is 9.67 Å². The molecule has 0 saturated carbocycles. The van der Waals surface area contributed by atoms with Crippen LogP contribution in [0.1, 0.15) is 42.5 Å². The smallest absolute Gasteiger partial charge is 0.267 e. The summed E-state index contributed by atoms with van der Waals surface area (Å²) in [6, 6.07) is 7.71. The molecule has 2 aromatic heterocycles. The predicted molar refractivity (Wildman–Crippen MR) is 94.5 cm³/mol. The fraction of sp³-hybridized carbons (Fsp3) is 0.474. The van der Waals surface area contributed by atoms with Crippen LogP contribution in [0.15, 0.2) is 29.2 Å². The molecular formula is C19H21N5O. The van der Waals surface area contributed by atoms with Crippen molar-refractivity contribution in [3.63, 3.8) is 0 Å². The Hall–Kier alpha value is -2.68. The number of nitrogens with zero attached hydrogens (tertiary/aromatic N) is 5. The van der Waals surface area contributed by atoms with Gasteiger partial charge in [-0.1, -0.05) is 0 Å². The summed E-state index contributed by atoms with van der Waals surface area (Å²) in [5.74, 6) is 0.721. The van der Waals surface area contributed by atoms with Crippen LogP contribution >= 0.6 is 0 Å². The van der Waals surface area contributed by atoms with Crippen molar-refractivity contribution in [3.05, 3.63) is 51.6 Å². The fourth-order valence-corrected chi connectivity index (χ4v) is 3.95. The van der Waals surface area contributed by atoms with Crippen LogP contribution in [-0.2, 0) is 19.4 Å². The summed E-state index contributed by atoms with van der Waals surface area (Å²) in [6.45, 7) is 1.41. The van der Waals surface area contributed by atoms with E-state index in [1.54, 1.807) is 29.1 Å². The SMILES string of the molecule is N#Cc1cccnc1N1CCCC1Cn1nc2c(cc1=O)CCCC2. The number of nitriles is 1. The number of anilines is 1. The molecule has 1 fully saturated rings. The first-order valence-electron chi connectivity index (χ1n) is 8.98. The highest BCUT2D eigenvalue weighted by molar-refractivity contribution is 5.54. The number of aryl methyl sites for hydroxylation is 2. The van der Waals surface area contributed by atoms with E-state index in [-0.39, 0.29) is 11.6 Å². The molecule has 0 radical (unpaired) electrons. The summed E-state index contributed by atoms with van der Waals surface area (Å²) in [6.07, 6.45) is 7.95. The quantitative estimate of drug-likeness (QED) is 0.858. The normalized spacial score (nSPS) is 19.5. The van der Waals surface area contributed by atoms with Crippen molar-refractivity contribution in [1.82, 2.24) is 14.8 Å². The van der Waals surface area contributed by atoms with E-state index in [0.717, 1.165) is 62.1 Å². The maximum Gasteiger partial charge on any atom is 0.267 e. The molecular weight excluding hydrogens is 314 g/mol. The second kappa shape index (κ2) is 6.67. The minimum atomic E-state index is -0.0194. The highest BCUT2D eigenvalue weighted by Crippen LogP contribution is 2.27. The molecule has 1 aliphatic heterocycles. The Kier molecular flexibility index (Phi) is 4.22. The van der Waals surface area contributed by atoms with Gasteiger partial charge in [-0.05, 0) is 56.2 Å². The van der Waals surface area contributed by atoms with Crippen LogP contribution < -0.4 is 10.5 Å². The molecule has 6 heteroatoms. The minimum Gasteiger partial charge on any atom is -0.351 e. The monoisotopic (exact) mass is 335 g/mol. The Bertz CT molecular complexity index is 882. The van der Waals surface area contributed by atoms with Crippen molar-refractivity contribution in [2.24, 2.45) is 0 Å². The number of rotatable bonds is 3. The van der Waals surface area contributed by atoms with Crippen molar-refractivity contribution in [1.29, 1.82) is 5.26 Å². The van der Waals surface area contributed by atoms with E-state index in [1.807, 2.05) is 0 Å². The molecule has 1 unspecified atom stereocenters. The lowest BCUT2D eigenvalue weighted by atomic mass is 9.97. The zero-order valence-electron chi connectivity index (χ0n) is 14.2. The van der Waals surface area contributed by atoms with Gasteiger partial charge in [-0.3, -0.25) is 4.79 Å². The second-order valence-electron chi connectivity index (χ2n) is 6.82. The Labute approximate surface area is 146 Å². The van der Waals surface area contributed by atoms with Crippen molar-refractivity contribution >= 4 is 5.82 Å². The van der Waals surface area contributed by atoms with E-state index in [4.69, 9.17) is 0 Å². The third kappa shape index (κ3) is 3.02. The first-order chi connectivity index (χ1) is 12.3. The summed E-state index contributed by atoms with van der Waals surface area (Å²) in [5, 5.41) is 14.0. The molecule has 1 saturated heterocycles. The summed E-state index contributed by atoms with van der Waals surface area (Å²) < 4.78 is 1.61. The van der Waals surface area contributed by atoms with E-state index in [1.165, 1.54) is 0 Å². The summed E-state index contributed by atoms with van der Waals surface area (Å²) in [5.41, 5.74) is 2.76. The predicted octanol–water partition coefficient (Wildman–Crippen LogP) is 2.06. The van der Waals surface area contributed by atoms with E-state index in [0.29, 0.717) is 12.1 Å². The second-order valence-corrected chi connectivity index (χ2v) is 6.82. The van der Waals surface area contributed by atoms with Crippen LogP contribution in [0.4, 0.5) is 5.82 Å². The molecule has 3 heterocycles. The molecule has 4 rings (SSSR count). The van der Waals surface area contributed by atoms with Gasteiger partial charge in [0.25, 0.3) is 5.56 Å². The summed E-state index contributed by atoms with van der Waals surface area (Å²) in [7, 11) is 0. The van der Waals surface area contributed by atoms with Crippen LogP contribution in [0, 0.1) is 11.3 Å². The average molecular weight is 335 g/mol. The molecule has 0 amide bonds. The highest BCUT2D eigenvalue weighted by Gasteiger charge is 2.28. The maximum absolute atomic E-state index is 12.5. The van der Waals surface area contributed by atoms with Gasteiger partial charge in [0, 0.05) is 18.8 Å². The molecule has 2 aliphatic rings. The van der Waals surface area contributed by atoms with Crippen molar-refractivity contribution in [2.45, 2.75) is 51.1 Å². The van der Waals surface area contributed by atoms with Gasteiger partial charge >= 0.3 is 0 Å². The van der Waals surface area contributed by atoms with Crippen LogP contribution in [-0.4, -0.2) is 27.4 Å². The lowest BCUT2D eigenvalue weighted by molar-refractivity contribution is 0.472. The molecule has 128 valence electrons. The van der Waals surface area contributed by atoms with Crippen molar-refractivity contribution in [3.8, 4) is 6.07 Å². The Balaban J connectivity index is 1.62.